The fourth-order valence-electron chi connectivity index (χ4n) is 3.05. The Bertz CT molecular complexity index is 1120. The lowest BCUT2D eigenvalue weighted by Gasteiger charge is -2.32. The third-order valence-electron chi connectivity index (χ3n) is 4.48. The van der Waals surface area contributed by atoms with E-state index >= 15 is 0 Å². The number of nitrogens with zero attached hydrogens (tertiary/aromatic N) is 3. The van der Waals surface area contributed by atoms with Crippen LogP contribution in [0.25, 0.3) is 17.0 Å². The zero-order valence-corrected chi connectivity index (χ0v) is 17.1. The molecule has 1 aliphatic rings. The fourth-order valence-corrected chi connectivity index (χ4v) is 5.22. The van der Waals surface area contributed by atoms with Crippen LogP contribution in [0.15, 0.2) is 42.1 Å². The van der Waals surface area contributed by atoms with Crippen LogP contribution in [-0.2, 0) is 21.4 Å². The second kappa shape index (κ2) is 7.67. The molecule has 0 saturated carbocycles. The zero-order chi connectivity index (χ0) is 19.7. The van der Waals surface area contributed by atoms with Crippen LogP contribution in [0.2, 0.25) is 4.34 Å². The quantitative estimate of drug-likeness (QED) is 0.666. The minimum Gasteiger partial charge on any atom is -0.357 e. The molecular weight excluding hydrogens is 420 g/mol. The van der Waals surface area contributed by atoms with Crippen molar-refractivity contribution >= 4 is 55.8 Å². The Hall–Kier alpha value is -2.20. The minimum absolute atomic E-state index is 0.167. The van der Waals surface area contributed by atoms with Crippen molar-refractivity contribution in [3.05, 3.63) is 57.0 Å². The molecule has 28 heavy (non-hydrogen) atoms. The van der Waals surface area contributed by atoms with E-state index in [1.807, 2.05) is 12.1 Å². The van der Waals surface area contributed by atoms with E-state index in [0.717, 1.165) is 26.9 Å². The summed E-state index contributed by atoms with van der Waals surface area (Å²) in [5.41, 5.74) is 1.85. The summed E-state index contributed by atoms with van der Waals surface area (Å²) >= 11 is 7.15. The number of H-pyrrole nitrogens is 1. The molecule has 1 fully saturated rings. The molecule has 4 heterocycles. The first-order chi connectivity index (χ1) is 13.4. The number of hydrogen-bond donors (Lipinski definition) is 1. The van der Waals surface area contributed by atoms with Gasteiger partial charge in [0.1, 0.15) is 0 Å². The number of amides is 1. The summed E-state index contributed by atoms with van der Waals surface area (Å²) in [5.74, 6) is -0.223. The Morgan fingerprint density at radius 1 is 1.29 bits per heavy atom. The average Bonchev–Trinajstić information content (AvgIpc) is 3.27. The van der Waals surface area contributed by atoms with Gasteiger partial charge in [-0.3, -0.25) is 9.78 Å². The predicted molar refractivity (Wildman–Crippen MR) is 110 cm³/mol. The van der Waals surface area contributed by atoms with Crippen LogP contribution < -0.4 is 0 Å². The molecule has 0 aromatic carbocycles. The number of thiophene rings is 1. The molecule has 0 atom stereocenters. The highest BCUT2D eigenvalue weighted by molar-refractivity contribution is 7.92. The number of piperazine rings is 1. The summed E-state index contributed by atoms with van der Waals surface area (Å²) in [4.78, 5) is 22.2. The van der Waals surface area contributed by atoms with Gasteiger partial charge < -0.3 is 9.88 Å². The SMILES string of the molecule is O=C1CN(S(=O)(=O)C=Cc2ccc(Cl)s2)CCN1Cc1cc2cnccc2[nH]1. The highest BCUT2D eigenvalue weighted by atomic mass is 35.5. The molecule has 0 bridgehead atoms. The molecular formula is C18H17ClN4O3S2. The van der Waals surface area contributed by atoms with Gasteiger partial charge in [-0.05, 0) is 30.3 Å². The molecule has 10 heteroatoms. The van der Waals surface area contributed by atoms with E-state index in [0.29, 0.717) is 17.4 Å². The lowest BCUT2D eigenvalue weighted by Crippen LogP contribution is -2.51. The standard InChI is InChI=1S/C18H17ClN4O3S2/c19-17-2-1-15(27-17)4-8-28(25,26)23-7-6-22(18(24)12-23)11-14-9-13-10-20-5-3-16(13)21-14/h1-5,8-10,21H,6-7,11-12H2. The number of rotatable bonds is 5. The van der Waals surface area contributed by atoms with E-state index in [2.05, 4.69) is 9.97 Å². The first-order valence-corrected chi connectivity index (χ1v) is 11.2. The number of sulfonamides is 1. The highest BCUT2D eigenvalue weighted by Gasteiger charge is 2.30. The molecule has 4 rings (SSSR count). The predicted octanol–water partition coefficient (Wildman–Crippen LogP) is 2.92. The molecule has 1 N–H and O–H groups in total. The van der Waals surface area contributed by atoms with Gasteiger partial charge in [0.2, 0.25) is 15.9 Å². The molecule has 0 radical (unpaired) electrons. The van der Waals surface area contributed by atoms with Gasteiger partial charge in [0.25, 0.3) is 0 Å². The van der Waals surface area contributed by atoms with Crippen molar-refractivity contribution in [1.29, 1.82) is 0 Å². The molecule has 1 aliphatic heterocycles. The van der Waals surface area contributed by atoms with Gasteiger partial charge in [-0.2, -0.15) is 4.31 Å². The number of carbonyl (C=O) groups excluding carboxylic acids is 1. The Morgan fingerprint density at radius 2 is 2.14 bits per heavy atom. The van der Waals surface area contributed by atoms with Crippen LogP contribution in [0.3, 0.4) is 0 Å². The number of hydrogen-bond acceptors (Lipinski definition) is 5. The summed E-state index contributed by atoms with van der Waals surface area (Å²) in [6.07, 6.45) is 4.96. The Labute approximate surface area is 171 Å². The van der Waals surface area contributed by atoms with Crippen molar-refractivity contribution < 1.29 is 13.2 Å². The van der Waals surface area contributed by atoms with Crippen LogP contribution in [-0.4, -0.2) is 53.1 Å². The van der Waals surface area contributed by atoms with Gasteiger partial charge in [-0.15, -0.1) is 11.3 Å². The van der Waals surface area contributed by atoms with E-state index in [1.165, 1.54) is 21.7 Å². The topological polar surface area (TPSA) is 86.4 Å². The zero-order valence-electron chi connectivity index (χ0n) is 14.7. The molecule has 3 aromatic heterocycles. The third-order valence-corrected chi connectivity index (χ3v) is 7.19. The molecule has 0 aliphatic carbocycles. The maximum absolute atomic E-state index is 12.5. The number of halogens is 1. The summed E-state index contributed by atoms with van der Waals surface area (Å²) in [5, 5.41) is 2.10. The van der Waals surface area contributed by atoms with Crippen molar-refractivity contribution in [1.82, 2.24) is 19.2 Å². The van der Waals surface area contributed by atoms with E-state index in [4.69, 9.17) is 11.6 Å². The van der Waals surface area contributed by atoms with E-state index in [1.54, 1.807) is 29.4 Å². The largest absolute Gasteiger partial charge is 0.357 e. The van der Waals surface area contributed by atoms with Gasteiger partial charge >= 0.3 is 0 Å². The first kappa shape index (κ1) is 19.1. The van der Waals surface area contributed by atoms with Gasteiger partial charge in [-0.25, -0.2) is 8.42 Å². The Kier molecular flexibility index (Phi) is 5.24. The van der Waals surface area contributed by atoms with E-state index < -0.39 is 10.0 Å². The van der Waals surface area contributed by atoms with E-state index in [9.17, 15) is 13.2 Å². The molecule has 0 spiro atoms. The monoisotopic (exact) mass is 436 g/mol. The van der Waals surface area contributed by atoms with Crippen molar-refractivity contribution in [2.24, 2.45) is 0 Å². The number of aromatic amines is 1. The van der Waals surface area contributed by atoms with Crippen LogP contribution in [0, 0.1) is 0 Å². The lowest BCUT2D eigenvalue weighted by molar-refractivity contribution is -0.134. The second-order valence-corrected chi connectivity index (χ2v) is 9.96. The van der Waals surface area contributed by atoms with Gasteiger partial charge in [0.05, 0.1) is 17.4 Å². The number of nitrogens with one attached hydrogen (secondary N) is 1. The Morgan fingerprint density at radius 3 is 2.86 bits per heavy atom. The molecule has 7 nitrogen and oxygen atoms in total. The van der Waals surface area contributed by atoms with Crippen molar-refractivity contribution in [2.45, 2.75) is 6.54 Å². The maximum Gasteiger partial charge on any atom is 0.238 e. The lowest BCUT2D eigenvalue weighted by atomic mass is 10.3. The first-order valence-electron chi connectivity index (χ1n) is 8.54. The van der Waals surface area contributed by atoms with Gasteiger partial charge in [-0.1, -0.05) is 11.6 Å². The molecule has 1 saturated heterocycles. The summed E-state index contributed by atoms with van der Waals surface area (Å²) in [6.45, 7) is 0.834. The molecule has 0 unspecified atom stereocenters. The molecule has 3 aromatic rings. The van der Waals surface area contributed by atoms with Crippen LogP contribution in [0.5, 0.6) is 0 Å². The molecule has 1 amide bonds. The maximum atomic E-state index is 12.5. The van der Waals surface area contributed by atoms with Gasteiger partial charge in [0.15, 0.2) is 0 Å². The highest BCUT2D eigenvalue weighted by Crippen LogP contribution is 2.23. The second-order valence-electron chi connectivity index (χ2n) is 6.40. The van der Waals surface area contributed by atoms with Crippen LogP contribution in [0.4, 0.5) is 0 Å². The summed E-state index contributed by atoms with van der Waals surface area (Å²) < 4.78 is 26.8. The minimum atomic E-state index is -3.67. The smallest absolute Gasteiger partial charge is 0.238 e. The normalized spacial score (nSPS) is 16.5. The van der Waals surface area contributed by atoms with Crippen molar-refractivity contribution in [2.75, 3.05) is 19.6 Å². The van der Waals surface area contributed by atoms with Gasteiger partial charge in [0, 0.05) is 52.4 Å². The van der Waals surface area contributed by atoms with Crippen LogP contribution >= 0.6 is 22.9 Å². The van der Waals surface area contributed by atoms with Crippen molar-refractivity contribution in [3.63, 3.8) is 0 Å². The van der Waals surface area contributed by atoms with E-state index in [-0.39, 0.29) is 19.0 Å². The van der Waals surface area contributed by atoms with Crippen molar-refractivity contribution in [3.8, 4) is 0 Å². The summed E-state index contributed by atoms with van der Waals surface area (Å²) in [6, 6.07) is 7.28. The average molecular weight is 437 g/mol. The Balaban J connectivity index is 1.41. The number of aromatic nitrogens is 2. The third kappa shape index (κ3) is 4.12. The molecule has 146 valence electrons. The van der Waals surface area contributed by atoms with Crippen LogP contribution in [0.1, 0.15) is 10.6 Å². The number of pyridine rings is 1. The summed E-state index contributed by atoms with van der Waals surface area (Å²) in [7, 11) is -3.67. The number of carbonyl (C=O) groups is 1. The fraction of sp³-hybridized carbons (Fsp3) is 0.222. The number of fused-ring (bicyclic) bond motifs is 1.